The van der Waals surface area contributed by atoms with Gasteiger partial charge >= 0.3 is 0 Å². The van der Waals surface area contributed by atoms with E-state index in [4.69, 9.17) is 9.84 Å². The number of amides is 1. The number of hydrogen-bond acceptors (Lipinski definition) is 4. The number of nitrogens with zero attached hydrogens (tertiary/aromatic N) is 2. The molecule has 1 saturated heterocycles. The van der Waals surface area contributed by atoms with Gasteiger partial charge in [-0.3, -0.25) is 4.79 Å². The molecule has 1 fully saturated rings. The van der Waals surface area contributed by atoms with E-state index in [1.165, 1.54) is 17.7 Å². The van der Waals surface area contributed by atoms with Gasteiger partial charge in [0.1, 0.15) is 5.75 Å². The van der Waals surface area contributed by atoms with Gasteiger partial charge in [-0.1, -0.05) is 18.2 Å². The number of benzene rings is 1. The summed E-state index contributed by atoms with van der Waals surface area (Å²) in [6.07, 6.45) is 3.19. The van der Waals surface area contributed by atoms with Crippen LogP contribution >= 0.6 is 11.3 Å². The maximum Gasteiger partial charge on any atom is 0.298 e. The molecule has 2 aliphatic heterocycles. The molecule has 2 aliphatic rings. The Morgan fingerprint density at radius 2 is 2.04 bits per heavy atom. The molecule has 1 N–H and O–H groups in total. The van der Waals surface area contributed by atoms with Gasteiger partial charge in [0.15, 0.2) is 6.54 Å². The summed E-state index contributed by atoms with van der Waals surface area (Å²) in [6.45, 7) is 2.72. The van der Waals surface area contributed by atoms with E-state index in [1.807, 2.05) is 30.3 Å². The minimum Gasteiger partial charge on any atom is -0.497 e. The summed E-state index contributed by atoms with van der Waals surface area (Å²) in [4.78, 5) is 15.5. The minimum atomic E-state index is -0.0347. The number of rotatable bonds is 5. The second-order valence-corrected chi connectivity index (χ2v) is 7.84. The smallest absolute Gasteiger partial charge is 0.298 e. The summed E-state index contributed by atoms with van der Waals surface area (Å²) in [5.41, 5.74) is 2.11. The highest BCUT2D eigenvalue weighted by Gasteiger charge is 2.35. The van der Waals surface area contributed by atoms with E-state index in [0.717, 1.165) is 41.4 Å². The average molecular weight is 370 g/mol. The molecule has 0 radical (unpaired) electrons. The first-order chi connectivity index (χ1) is 12.7. The average Bonchev–Trinajstić information content (AvgIpc) is 3.42. The SMILES string of the molecule is COc1ccc([C@H]2CC(c3cccs3)=NN2C(=O)C[NH+]2CCCC2)cc1. The largest absolute Gasteiger partial charge is 0.497 e. The number of methoxy groups -OCH3 is 1. The van der Waals surface area contributed by atoms with E-state index in [-0.39, 0.29) is 11.9 Å². The number of ether oxygens (including phenoxy) is 1. The van der Waals surface area contributed by atoms with Gasteiger partial charge in [0, 0.05) is 19.3 Å². The number of likely N-dealkylation sites (tertiary alicyclic amines) is 1. The van der Waals surface area contributed by atoms with Crippen molar-refractivity contribution in [3.05, 3.63) is 52.2 Å². The lowest BCUT2D eigenvalue weighted by molar-refractivity contribution is -0.879. The Morgan fingerprint density at radius 1 is 1.27 bits per heavy atom. The summed E-state index contributed by atoms with van der Waals surface area (Å²) in [6, 6.07) is 12.1. The fourth-order valence-electron chi connectivity index (χ4n) is 3.76. The number of nitrogens with one attached hydrogen (secondary N) is 1. The van der Waals surface area contributed by atoms with Crippen LogP contribution in [-0.4, -0.2) is 43.4 Å². The maximum atomic E-state index is 13.0. The van der Waals surface area contributed by atoms with E-state index in [9.17, 15) is 4.79 Å². The van der Waals surface area contributed by atoms with E-state index in [2.05, 4.69) is 11.4 Å². The standard InChI is InChI=1S/C20H23N3O2S/c1-25-16-8-6-15(7-9-16)18-13-17(19-5-4-12-26-19)21-23(18)20(24)14-22-10-2-3-11-22/h4-9,12,18H,2-3,10-11,13-14H2,1H3/p+1/t18-/m1/s1. The highest BCUT2D eigenvalue weighted by molar-refractivity contribution is 7.12. The summed E-state index contributed by atoms with van der Waals surface area (Å²) in [5.74, 6) is 0.944. The van der Waals surface area contributed by atoms with Gasteiger partial charge in [0.2, 0.25) is 0 Å². The van der Waals surface area contributed by atoms with Crippen molar-refractivity contribution in [2.75, 3.05) is 26.7 Å². The molecule has 26 heavy (non-hydrogen) atoms. The minimum absolute atomic E-state index is 0.0347. The van der Waals surface area contributed by atoms with E-state index in [1.54, 1.807) is 23.5 Å². The Morgan fingerprint density at radius 3 is 2.69 bits per heavy atom. The van der Waals surface area contributed by atoms with Crippen LogP contribution in [0.15, 0.2) is 46.9 Å². The fraction of sp³-hybridized carbons (Fsp3) is 0.400. The predicted octanol–water partition coefficient (Wildman–Crippen LogP) is 2.11. The maximum absolute atomic E-state index is 13.0. The molecule has 4 rings (SSSR count). The van der Waals surface area contributed by atoms with Crippen LogP contribution in [0.25, 0.3) is 0 Å². The van der Waals surface area contributed by atoms with Crippen LogP contribution in [-0.2, 0) is 4.79 Å². The summed E-state index contributed by atoms with van der Waals surface area (Å²) >= 11 is 1.68. The lowest BCUT2D eigenvalue weighted by Crippen LogP contribution is -3.11. The van der Waals surface area contributed by atoms with Gasteiger partial charge in [-0.15, -0.1) is 11.3 Å². The number of hydrogen-bond donors (Lipinski definition) is 1. The van der Waals surface area contributed by atoms with Crippen molar-refractivity contribution in [2.24, 2.45) is 5.10 Å². The second-order valence-electron chi connectivity index (χ2n) is 6.89. The molecule has 1 aromatic carbocycles. The third kappa shape index (κ3) is 3.52. The number of carbonyl (C=O) groups is 1. The van der Waals surface area contributed by atoms with Crippen LogP contribution in [0.4, 0.5) is 0 Å². The highest BCUT2D eigenvalue weighted by Crippen LogP contribution is 2.34. The first-order valence-electron chi connectivity index (χ1n) is 9.15. The van der Waals surface area contributed by atoms with Crippen LogP contribution < -0.4 is 9.64 Å². The van der Waals surface area contributed by atoms with Gasteiger partial charge in [0.25, 0.3) is 5.91 Å². The third-order valence-corrected chi connectivity index (χ3v) is 6.10. The number of thiophene rings is 1. The Balaban J connectivity index is 1.59. The molecule has 2 aromatic rings. The molecule has 0 aliphatic carbocycles. The number of quaternary nitrogens is 1. The molecule has 1 aromatic heterocycles. The monoisotopic (exact) mass is 370 g/mol. The van der Waals surface area contributed by atoms with Crippen molar-refractivity contribution in [3.8, 4) is 5.75 Å². The summed E-state index contributed by atoms with van der Waals surface area (Å²) in [7, 11) is 1.66. The van der Waals surface area contributed by atoms with Gasteiger partial charge in [-0.2, -0.15) is 5.10 Å². The van der Waals surface area contributed by atoms with Crippen molar-refractivity contribution < 1.29 is 14.4 Å². The Hall–Kier alpha value is -2.18. The van der Waals surface area contributed by atoms with Gasteiger partial charge in [0.05, 0.1) is 36.8 Å². The number of hydrazone groups is 1. The number of carbonyl (C=O) groups excluding carboxylic acids is 1. The fourth-order valence-corrected chi connectivity index (χ4v) is 4.49. The van der Waals surface area contributed by atoms with Crippen LogP contribution in [0.5, 0.6) is 5.75 Å². The second kappa shape index (κ2) is 7.60. The van der Waals surface area contributed by atoms with E-state index < -0.39 is 0 Å². The molecular formula is C20H24N3O2S+. The van der Waals surface area contributed by atoms with Crippen molar-refractivity contribution in [3.63, 3.8) is 0 Å². The zero-order chi connectivity index (χ0) is 17.9. The van der Waals surface area contributed by atoms with Crippen molar-refractivity contribution in [1.29, 1.82) is 0 Å². The molecule has 136 valence electrons. The summed E-state index contributed by atoms with van der Waals surface area (Å²) in [5, 5.41) is 8.52. The molecule has 0 saturated carbocycles. The molecular weight excluding hydrogens is 346 g/mol. The first kappa shape index (κ1) is 17.2. The highest BCUT2D eigenvalue weighted by atomic mass is 32.1. The van der Waals surface area contributed by atoms with Crippen LogP contribution in [0.2, 0.25) is 0 Å². The zero-order valence-electron chi connectivity index (χ0n) is 15.0. The Labute approximate surface area is 157 Å². The topological polar surface area (TPSA) is 46.3 Å². The molecule has 1 amide bonds. The van der Waals surface area contributed by atoms with E-state index >= 15 is 0 Å². The van der Waals surface area contributed by atoms with Crippen LogP contribution in [0, 0.1) is 0 Å². The molecule has 0 bridgehead atoms. The lowest BCUT2D eigenvalue weighted by Gasteiger charge is -2.23. The molecule has 0 unspecified atom stereocenters. The lowest BCUT2D eigenvalue weighted by atomic mass is 10.0. The Kier molecular flexibility index (Phi) is 5.04. The van der Waals surface area contributed by atoms with Gasteiger partial charge in [-0.25, -0.2) is 5.01 Å². The first-order valence-corrected chi connectivity index (χ1v) is 10.0. The quantitative estimate of drug-likeness (QED) is 0.876. The van der Waals surface area contributed by atoms with Crippen LogP contribution in [0.3, 0.4) is 0 Å². The molecule has 5 nitrogen and oxygen atoms in total. The molecule has 1 atom stereocenters. The van der Waals surface area contributed by atoms with Crippen molar-refractivity contribution >= 4 is 23.0 Å². The molecule has 0 spiro atoms. The van der Waals surface area contributed by atoms with Crippen molar-refractivity contribution in [2.45, 2.75) is 25.3 Å². The predicted molar refractivity (Wildman–Crippen MR) is 103 cm³/mol. The van der Waals surface area contributed by atoms with Crippen LogP contribution in [0.1, 0.15) is 35.7 Å². The summed E-state index contributed by atoms with van der Waals surface area (Å²) < 4.78 is 5.26. The molecule has 6 heteroatoms. The zero-order valence-corrected chi connectivity index (χ0v) is 15.8. The van der Waals surface area contributed by atoms with Crippen molar-refractivity contribution in [1.82, 2.24) is 5.01 Å². The van der Waals surface area contributed by atoms with Gasteiger partial charge in [-0.05, 0) is 29.1 Å². The third-order valence-electron chi connectivity index (χ3n) is 5.18. The Bertz CT molecular complexity index is 780. The molecule has 3 heterocycles. The van der Waals surface area contributed by atoms with Gasteiger partial charge < -0.3 is 9.64 Å². The normalized spacial score (nSPS) is 20.4. The van der Waals surface area contributed by atoms with E-state index in [0.29, 0.717) is 6.54 Å².